The van der Waals surface area contributed by atoms with Crippen LogP contribution in [0.25, 0.3) is 0 Å². The number of hydrogen-bond acceptors (Lipinski definition) is 1. The molecule has 1 N–H and O–H groups in total. The van der Waals surface area contributed by atoms with Crippen molar-refractivity contribution in [2.75, 3.05) is 14.1 Å². The van der Waals surface area contributed by atoms with E-state index in [0.29, 0.717) is 0 Å². The number of rotatable bonds is 1. The van der Waals surface area contributed by atoms with Crippen molar-refractivity contribution in [3.8, 4) is 0 Å². The molecule has 0 unspecified atom stereocenters. The Morgan fingerprint density at radius 3 is 2.40 bits per heavy atom. The topological polar surface area (TPSA) is 24.4 Å². The standard InChI is InChI=1S/C3H7N2/c1-4-3-5-2/h1-2H3,(H,4,5)/q-1. The van der Waals surface area contributed by atoms with E-state index in [1.54, 1.807) is 14.1 Å². The average molecular weight is 71.1 g/mol. The highest BCUT2D eigenvalue weighted by molar-refractivity contribution is 5.52. The van der Waals surface area contributed by atoms with Gasteiger partial charge in [-0.15, -0.1) is 0 Å². The van der Waals surface area contributed by atoms with Gasteiger partial charge >= 0.3 is 0 Å². The molecule has 2 nitrogen and oxygen atoms in total. The molecule has 2 heteroatoms. The Bertz CT molecular complexity index is 31.9. The van der Waals surface area contributed by atoms with Crippen molar-refractivity contribution in [3.63, 3.8) is 0 Å². The minimum atomic E-state index is 1.66. The van der Waals surface area contributed by atoms with Gasteiger partial charge in [-0.3, -0.25) is 0 Å². The summed E-state index contributed by atoms with van der Waals surface area (Å²) >= 11 is 0. The van der Waals surface area contributed by atoms with Crippen molar-refractivity contribution in [1.82, 2.24) is 5.32 Å². The fourth-order valence-corrected chi connectivity index (χ4v) is 0.112. The van der Waals surface area contributed by atoms with E-state index >= 15 is 0 Å². The Kier molecular flexibility index (Phi) is 3.10. The van der Waals surface area contributed by atoms with Crippen molar-refractivity contribution in [2.24, 2.45) is 4.99 Å². The van der Waals surface area contributed by atoms with Crippen LogP contribution in [0.15, 0.2) is 4.99 Å². The van der Waals surface area contributed by atoms with Crippen LogP contribution in [0.1, 0.15) is 0 Å². The maximum Gasteiger partial charge on any atom is -0.0108 e. The van der Waals surface area contributed by atoms with E-state index in [1.807, 2.05) is 0 Å². The highest BCUT2D eigenvalue weighted by Crippen LogP contribution is 1.36. The van der Waals surface area contributed by atoms with Gasteiger partial charge in [-0.05, 0) is 14.1 Å². The zero-order chi connectivity index (χ0) is 4.12. The monoisotopic (exact) mass is 71.1 g/mol. The third kappa shape index (κ3) is 3.47. The molecule has 0 atom stereocenters. The third-order valence-corrected chi connectivity index (χ3v) is 0.224. The number of hydrogen-bond donors (Lipinski definition) is 1. The van der Waals surface area contributed by atoms with Crippen LogP contribution < -0.4 is 5.32 Å². The van der Waals surface area contributed by atoms with Gasteiger partial charge in [-0.2, -0.15) is 0 Å². The molecule has 0 spiro atoms. The van der Waals surface area contributed by atoms with Crippen molar-refractivity contribution in [3.05, 3.63) is 0 Å². The highest BCUT2D eigenvalue weighted by Gasteiger charge is 1.24. The Morgan fingerprint density at radius 1 is 1.80 bits per heavy atom. The summed E-state index contributed by atoms with van der Waals surface area (Å²) in [6, 6.07) is 0. The number of aliphatic imine (C=N–C) groups is 1. The third-order valence-electron chi connectivity index (χ3n) is 0.224. The van der Waals surface area contributed by atoms with E-state index in [0.717, 1.165) is 0 Å². The van der Waals surface area contributed by atoms with Crippen LogP contribution in [0.3, 0.4) is 0 Å². The first-order valence-corrected chi connectivity index (χ1v) is 1.42. The molecule has 0 radical (unpaired) electrons. The fraction of sp³-hybridized carbons (Fsp3) is 0.667. The lowest BCUT2D eigenvalue weighted by molar-refractivity contribution is 1.19. The van der Waals surface area contributed by atoms with Crippen LogP contribution in [-0.4, -0.2) is 20.4 Å². The summed E-state index contributed by atoms with van der Waals surface area (Å²) < 4.78 is 0. The normalized spacial score (nSPS) is 9.20. The summed E-state index contributed by atoms with van der Waals surface area (Å²) in [4.78, 5) is 3.49. The van der Waals surface area contributed by atoms with Gasteiger partial charge in [-0.1, -0.05) is 0 Å². The summed E-state index contributed by atoms with van der Waals surface area (Å²) in [5.74, 6) is 0. The van der Waals surface area contributed by atoms with Gasteiger partial charge < -0.3 is 16.6 Å². The molecule has 0 aromatic heterocycles. The fourth-order valence-electron chi connectivity index (χ4n) is 0.112. The molecule has 0 bridgehead atoms. The molecule has 0 aliphatic carbocycles. The van der Waals surface area contributed by atoms with E-state index in [-0.39, 0.29) is 0 Å². The van der Waals surface area contributed by atoms with E-state index in [2.05, 4.69) is 16.6 Å². The van der Waals surface area contributed by atoms with Gasteiger partial charge in [0.15, 0.2) is 0 Å². The SMILES string of the molecule is CN=[C-]NC. The van der Waals surface area contributed by atoms with Gasteiger partial charge in [0.25, 0.3) is 0 Å². The minimum Gasteiger partial charge on any atom is -0.553 e. The van der Waals surface area contributed by atoms with Crippen LogP contribution in [0, 0.1) is 0 Å². The zero-order valence-electron chi connectivity index (χ0n) is 3.45. The van der Waals surface area contributed by atoms with Crippen LogP contribution in [0.5, 0.6) is 0 Å². The Balaban J connectivity index is 2.62. The van der Waals surface area contributed by atoms with Gasteiger partial charge in [0.1, 0.15) is 0 Å². The molecule has 0 fully saturated rings. The van der Waals surface area contributed by atoms with Gasteiger partial charge in [0.05, 0.1) is 0 Å². The van der Waals surface area contributed by atoms with E-state index < -0.39 is 0 Å². The zero-order valence-corrected chi connectivity index (χ0v) is 3.45. The summed E-state index contributed by atoms with van der Waals surface area (Å²) in [5, 5.41) is 2.60. The average Bonchev–Trinajstić information content (AvgIpc) is 1.41. The maximum absolute atomic E-state index is 3.49. The van der Waals surface area contributed by atoms with E-state index in [9.17, 15) is 0 Å². The second kappa shape index (κ2) is 3.47. The molecule has 5 heavy (non-hydrogen) atoms. The molecule has 0 rings (SSSR count). The lowest BCUT2D eigenvalue weighted by Gasteiger charge is -1.96. The number of nitrogens with zero attached hydrogens (tertiary/aromatic N) is 1. The molecule has 0 aliphatic rings. The molecule has 0 saturated heterocycles. The van der Waals surface area contributed by atoms with Crippen LogP contribution in [0.2, 0.25) is 0 Å². The van der Waals surface area contributed by atoms with Gasteiger partial charge in [-0.25, -0.2) is 0 Å². The first-order valence-electron chi connectivity index (χ1n) is 1.42. The summed E-state index contributed by atoms with van der Waals surface area (Å²) in [7, 11) is 3.42. The van der Waals surface area contributed by atoms with Crippen LogP contribution >= 0.6 is 0 Å². The lowest BCUT2D eigenvalue weighted by atomic mass is 11.1. The first kappa shape index (κ1) is 4.47. The van der Waals surface area contributed by atoms with Crippen molar-refractivity contribution in [1.29, 1.82) is 0 Å². The van der Waals surface area contributed by atoms with E-state index in [1.165, 1.54) is 0 Å². The quantitative estimate of drug-likeness (QED) is 0.196. The predicted molar refractivity (Wildman–Crippen MR) is 22.4 cm³/mol. The summed E-state index contributed by atoms with van der Waals surface area (Å²) in [6.45, 7) is 0. The second-order valence-corrected chi connectivity index (χ2v) is 0.585. The molecule has 0 aromatic carbocycles. The molecule has 0 heterocycles. The van der Waals surface area contributed by atoms with Crippen molar-refractivity contribution in [2.45, 2.75) is 0 Å². The summed E-state index contributed by atoms with van der Waals surface area (Å²) in [5.41, 5.74) is 0. The van der Waals surface area contributed by atoms with Crippen LogP contribution in [0.4, 0.5) is 0 Å². The maximum atomic E-state index is 3.49. The lowest BCUT2D eigenvalue weighted by Crippen LogP contribution is -1.99. The van der Waals surface area contributed by atoms with E-state index in [4.69, 9.17) is 0 Å². The largest absolute Gasteiger partial charge is 0.553 e. The number of nitrogens with one attached hydrogen (secondary N) is 1. The smallest absolute Gasteiger partial charge is 0.0108 e. The van der Waals surface area contributed by atoms with Crippen molar-refractivity contribution < 1.29 is 0 Å². The Labute approximate surface area is 31.9 Å². The molecular formula is C3H7N2-. The Morgan fingerprint density at radius 2 is 2.40 bits per heavy atom. The second-order valence-electron chi connectivity index (χ2n) is 0.585. The molecule has 0 saturated carbocycles. The Hall–Kier alpha value is -0.530. The molecule has 0 aromatic rings. The first-order chi connectivity index (χ1) is 2.41. The van der Waals surface area contributed by atoms with Crippen molar-refractivity contribution >= 4 is 6.34 Å². The van der Waals surface area contributed by atoms with Gasteiger partial charge in [0, 0.05) is 0 Å². The minimum absolute atomic E-state index is 1.66. The predicted octanol–water partition coefficient (Wildman–Crippen LogP) is -0.259. The molecule has 30 valence electrons. The molecule has 0 aliphatic heterocycles. The molecular weight excluding hydrogens is 64.0 g/mol. The molecule has 0 amide bonds. The summed E-state index contributed by atoms with van der Waals surface area (Å²) in [6.07, 6.45) is 2.49. The van der Waals surface area contributed by atoms with Crippen LogP contribution in [-0.2, 0) is 0 Å². The van der Waals surface area contributed by atoms with Gasteiger partial charge in [0.2, 0.25) is 0 Å². The highest BCUT2D eigenvalue weighted by atomic mass is 14.9.